The van der Waals surface area contributed by atoms with Crippen molar-refractivity contribution in [3.63, 3.8) is 0 Å². The van der Waals surface area contributed by atoms with E-state index in [0.717, 1.165) is 5.56 Å². The second kappa shape index (κ2) is 6.51. The fraction of sp³-hybridized carbons (Fsp3) is 0.333. The van der Waals surface area contributed by atoms with Crippen molar-refractivity contribution in [2.75, 3.05) is 13.2 Å². The van der Waals surface area contributed by atoms with Gasteiger partial charge < -0.3 is 15.8 Å². The molecule has 0 spiro atoms. The Bertz CT molecular complexity index is 426. The molecule has 0 aromatic heterocycles. The van der Waals surface area contributed by atoms with Crippen LogP contribution in [0, 0.1) is 11.3 Å². The van der Waals surface area contributed by atoms with Crippen LogP contribution in [-0.2, 0) is 4.74 Å². The largest absolute Gasteiger partial charge is 0.448 e. The number of primary amides is 1. The molecule has 1 amide bonds. The van der Waals surface area contributed by atoms with Crippen LogP contribution in [0.4, 0.5) is 4.79 Å². The Hall–Kier alpha value is -2.06. The van der Waals surface area contributed by atoms with E-state index in [0.29, 0.717) is 12.1 Å². The SMILES string of the molecule is CC(NCCOC(N)=O)c1cccc(C#N)c1. The summed E-state index contributed by atoms with van der Waals surface area (Å²) in [7, 11) is 0. The third kappa shape index (κ3) is 4.53. The average molecular weight is 233 g/mol. The summed E-state index contributed by atoms with van der Waals surface area (Å²) in [5, 5.41) is 11.9. The number of carbonyl (C=O) groups excluding carboxylic acids is 1. The van der Waals surface area contributed by atoms with Gasteiger partial charge in [-0.3, -0.25) is 0 Å². The maximum Gasteiger partial charge on any atom is 0.404 e. The van der Waals surface area contributed by atoms with Crippen LogP contribution in [0.3, 0.4) is 0 Å². The fourth-order valence-electron chi connectivity index (χ4n) is 1.42. The molecule has 0 saturated carbocycles. The van der Waals surface area contributed by atoms with Crippen LogP contribution < -0.4 is 11.1 Å². The summed E-state index contributed by atoms with van der Waals surface area (Å²) in [6.07, 6.45) is -0.772. The van der Waals surface area contributed by atoms with E-state index >= 15 is 0 Å². The Balaban J connectivity index is 2.44. The van der Waals surface area contributed by atoms with Gasteiger partial charge in [-0.05, 0) is 24.6 Å². The number of amides is 1. The lowest BCUT2D eigenvalue weighted by molar-refractivity contribution is 0.156. The first-order valence-electron chi connectivity index (χ1n) is 5.29. The summed E-state index contributed by atoms with van der Waals surface area (Å²) < 4.78 is 4.60. The molecule has 1 aromatic rings. The molecule has 0 fully saturated rings. The minimum Gasteiger partial charge on any atom is -0.448 e. The summed E-state index contributed by atoms with van der Waals surface area (Å²) in [5.41, 5.74) is 6.48. The number of nitrogens with one attached hydrogen (secondary N) is 1. The van der Waals surface area contributed by atoms with E-state index in [1.54, 1.807) is 6.07 Å². The number of hydrogen-bond acceptors (Lipinski definition) is 4. The standard InChI is InChI=1S/C12H15N3O2/c1-9(15-5-6-17-12(14)16)11-4-2-3-10(7-11)8-13/h2-4,7,9,15H,5-6H2,1H3,(H2,14,16). The van der Waals surface area contributed by atoms with Crippen molar-refractivity contribution in [2.45, 2.75) is 13.0 Å². The second-order valence-electron chi connectivity index (χ2n) is 3.58. The van der Waals surface area contributed by atoms with Crippen LogP contribution in [0.2, 0.25) is 0 Å². The molecule has 1 unspecified atom stereocenters. The summed E-state index contributed by atoms with van der Waals surface area (Å²) >= 11 is 0. The number of nitrogens with zero attached hydrogens (tertiary/aromatic N) is 1. The van der Waals surface area contributed by atoms with Gasteiger partial charge >= 0.3 is 6.09 Å². The van der Waals surface area contributed by atoms with E-state index < -0.39 is 6.09 Å². The van der Waals surface area contributed by atoms with Gasteiger partial charge in [-0.1, -0.05) is 12.1 Å². The number of hydrogen-bond donors (Lipinski definition) is 2. The van der Waals surface area contributed by atoms with Gasteiger partial charge in [-0.15, -0.1) is 0 Å². The Morgan fingerprint density at radius 1 is 1.65 bits per heavy atom. The molecule has 0 aliphatic rings. The lowest BCUT2D eigenvalue weighted by Gasteiger charge is -2.14. The minimum absolute atomic E-state index is 0.0831. The highest BCUT2D eigenvalue weighted by Crippen LogP contribution is 2.13. The van der Waals surface area contributed by atoms with Gasteiger partial charge in [0.25, 0.3) is 0 Å². The zero-order valence-corrected chi connectivity index (χ0v) is 9.64. The molecule has 0 saturated heterocycles. The van der Waals surface area contributed by atoms with Crippen LogP contribution in [0.5, 0.6) is 0 Å². The van der Waals surface area contributed by atoms with Crippen LogP contribution >= 0.6 is 0 Å². The molecule has 0 aliphatic heterocycles. The average Bonchev–Trinajstić information content (AvgIpc) is 2.34. The summed E-state index contributed by atoms with van der Waals surface area (Å²) in [5.74, 6) is 0. The van der Waals surface area contributed by atoms with E-state index in [-0.39, 0.29) is 12.6 Å². The van der Waals surface area contributed by atoms with E-state index in [9.17, 15) is 4.79 Å². The minimum atomic E-state index is -0.772. The van der Waals surface area contributed by atoms with Crippen LogP contribution in [0.1, 0.15) is 24.1 Å². The first-order chi connectivity index (χ1) is 8.13. The van der Waals surface area contributed by atoms with E-state index in [2.05, 4.69) is 16.1 Å². The summed E-state index contributed by atoms with van der Waals surface area (Å²) in [6, 6.07) is 9.53. The maximum absolute atomic E-state index is 10.3. The smallest absolute Gasteiger partial charge is 0.404 e. The lowest BCUT2D eigenvalue weighted by atomic mass is 10.1. The van der Waals surface area contributed by atoms with Gasteiger partial charge in [0, 0.05) is 12.6 Å². The van der Waals surface area contributed by atoms with Crippen LogP contribution in [-0.4, -0.2) is 19.2 Å². The molecule has 1 aromatic carbocycles. The van der Waals surface area contributed by atoms with Crippen molar-refractivity contribution in [1.82, 2.24) is 5.32 Å². The first-order valence-corrected chi connectivity index (χ1v) is 5.29. The van der Waals surface area contributed by atoms with Gasteiger partial charge in [-0.2, -0.15) is 5.26 Å². The van der Waals surface area contributed by atoms with E-state index in [4.69, 9.17) is 11.0 Å². The van der Waals surface area contributed by atoms with Crippen molar-refractivity contribution < 1.29 is 9.53 Å². The molecule has 5 heteroatoms. The molecule has 5 nitrogen and oxygen atoms in total. The molecule has 0 radical (unpaired) electrons. The number of nitriles is 1. The number of carbonyl (C=O) groups is 1. The normalized spacial score (nSPS) is 11.5. The summed E-state index contributed by atoms with van der Waals surface area (Å²) in [4.78, 5) is 10.3. The highest BCUT2D eigenvalue weighted by Gasteiger charge is 2.05. The Kier molecular flexibility index (Phi) is 4.98. The Morgan fingerprint density at radius 2 is 2.41 bits per heavy atom. The first kappa shape index (κ1) is 13.0. The predicted molar refractivity (Wildman–Crippen MR) is 63.1 cm³/mol. The molecule has 90 valence electrons. The topological polar surface area (TPSA) is 88.1 Å². The highest BCUT2D eigenvalue weighted by atomic mass is 16.5. The maximum atomic E-state index is 10.3. The lowest BCUT2D eigenvalue weighted by Crippen LogP contribution is -2.25. The fourth-order valence-corrected chi connectivity index (χ4v) is 1.42. The molecule has 0 bridgehead atoms. The van der Waals surface area contributed by atoms with Gasteiger partial charge in [-0.25, -0.2) is 4.79 Å². The van der Waals surface area contributed by atoms with Gasteiger partial charge in [0.05, 0.1) is 11.6 Å². The van der Waals surface area contributed by atoms with Gasteiger partial charge in [0.15, 0.2) is 0 Å². The van der Waals surface area contributed by atoms with Crippen molar-refractivity contribution >= 4 is 6.09 Å². The monoisotopic (exact) mass is 233 g/mol. The molecular formula is C12H15N3O2. The van der Waals surface area contributed by atoms with E-state index in [1.165, 1.54) is 0 Å². The molecule has 17 heavy (non-hydrogen) atoms. The number of ether oxygens (including phenoxy) is 1. The second-order valence-corrected chi connectivity index (χ2v) is 3.58. The molecule has 1 rings (SSSR count). The van der Waals surface area contributed by atoms with Crippen LogP contribution in [0.15, 0.2) is 24.3 Å². The third-order valence-corrected chi connectivity index (χ3v) is 2.31. The van der Waals surface area contributed by atoms with Crippen molar-refractivity contribution in [3.05, 3.63) is 35.4 Å². The zero-order valence-electron chi connectivity index (χ0n) is 9.64. The Labute approximate surface area is 100 Å². The molecule has 0 heterocycles. The third-order valence-electron chi connectivity index (χ3n) is 2.31. The highest BCUT2D eigenvalue weighted by molar-refractivity contribution is 5.64. The van der Waals surface area contributed by atoms with Gasteiger partial charge in [0.1, 0.15) is 6.61 Å². The number of nitrogens with two attached hydrogens (primary N) is 1. The molecule has 0 aliphatic carbocycles. The Morgan fingerprint density at radius 3 is 3.06 bits per heavy atom. The molecular weight excluding hydrogens is 218 g/mol. The van der Waals surface area contributed by atoms with Crippen molar-refractivity contribution in [3.8, 4) is 6.07 Å². The number of rotatable bonds is 5. The zero-order chi connectivity index (χ0) is 12.7. The van der Waals surface area contributed by atoms with Crippen LogP contribution in [0.25, 0.3) is 0 Å². The van der Waals surface area contributed by atoms with Crippen molar-refractivity contribution in [1.29, 1.82) is 5.26 Å². The molecule has 1 atom stereocenters. The van der Waals surface area contributed by atoms with Gasteiger partial charge in [0.2, 0.25) is 0 Å². The predicted octanol–water partition coefficient (Wildman–Crippen LogP) is 1.30. The summed E-state index contributed by atoms with van der Waals surface area (Å²) in [6.45, 7) is 2.72. The number of benzene rings is 1. The van der Waals surface area contributed by atoms with E-state index in [1.807, 2.05) is 25.1 Å². The quantitative estimate of drug-likeness (QED) is 0.750. The van der Waals surface area contributed by atoms with Crippen molar-refractivity contribution in [2.24, 2.45) is 5.73 Å². The molecule has 3 N–H and O–H groups in total.